The van der Waals surface area contributed by atoms with Crippen LogP contribution in [0.3, 0.4) is 0 Å². The van der Waals surface area contributed by atoms with Crippen LogP contribution in [0, 0.1) is 6.92 Å². The Labute approximate surface area is 162 Å². The number of hydrogen-bond acceptors (Lipinski definition) is 3. The van der Waals surface area contributed by atoms with Gasteiger partial charge in [-0.1, -0.05) is 48.4 Å². The largest absolute Gasteiger partial charge is 0.423 e. The summed E-state index contributed by atoms with van der Waals surface area (Å²) in [5.74, 6) is 0.0550. The molecule has 0 amide bonds. The minimum Gasteiger partial charge on any atom is -0.423 e. The van der Waals surface area contributed by atoms with Gasteiger partial charge in [-0.05, 0) is 63.4 Å². The summed E-state index contributed by atoms with van der Waals surface area (Å²) in [6.45, 7) is 12.3. The van der Waals surface area contributed by atoms with Crippen molar-refractivity contribution in [3.8, 4) is 5.75 Å². The van der Waals surface area contributed by atoms with E-state index < -0.39 is 5.97 Å². The second-order valence-electron chi connectivity index (χ2n) is 7.45. The SMILES string of the molecule is C=CC(C)(CCC=C(C)C)c1ccc(N)c(C(=O)Oc2ccc(C)cc2)c1. The van der Waals surface area contributed by atoms with Gasteiger partial charge in [0.25, 0.3) is 0 Å². The summed E-state index contributed by atoms with van der Waals surface area (Å²) in [7, 11) is 0. The molecule has 0 radical (unpaired) electrons. The lowest BCUT2D eigenvalue weighted by atomic mass is 9.78. The molecule has 0 aliphatic heterocycles. The van der Waals surface area contributed by atoms with Crippen molar-refractivity contribution in [1.82, 2.24) is 0 Å². The van der Waals surface area contributed by atoms with Gasteiger partial charge in [0, 0.05) is 11.1 Å². The van der Waals surface area contributed by atoms with Crippen molar-refractivity contribution in [2.45, 2.75) is 46.0 Å². The Hall–Kier alpha value is -2.81. The monoisotopic (exact) mass is 363 g/mol. The average molecular weight is 364 g/mol. The molecular formula is C24H29NO2. The van der Waals surface area contributed by atoms with Crippen molar-refractivity contribution >= 4 is 11.7 Å². The van der Waals surface area contributed by atoms with E-state index in [0.29, 0.717) is 17.0 Å². The van der Waals surface area contributed by atoms with E-state index in [2.05, 4.69) is 33.4 Å². The second-order valence-corrected chi connectivity index (χ2v) is 7.45. The van der Waals surface area contributed by atoms with E-state index in [9.17, 15) is 4.79 Å². The van der Waals surface area contributed by atoms with Crippen molar-refractivity contribution in [3.05, 3.63) is 83.5 Å². The Balaban J connectivity index is 2.27. The number of benzene rings is 2. The molecule has 27 heavy (non-hydrogen) atoms. The highest BCUT2D eigenvalue weighted by atomic mass is 16.5. The molecule has 1 atom stereocenters. The van der Waals surface area contributed by atoms with Gasteiger partial charge in [-0.3, -0.25) is 0 Å². The fourth-order valence-electron chi connectivity index (χ4n) is 2.88. The first-order chi connectivity index (χ1) is 12.7. The van der Waals surface area contributed by atoms with E-state index in [4.69, 9.17) is 10.5 Å². The van der Waals surface area contributed by atoms with Crippen LogP contribution in [0.2, 0.25) is 0 Å². The highest BCUT2D eigenvalue weighted by Gasteiger charge is 2.24. The number of aryl methyl sites for hydroxylation is 1. The van der Waals surface area contributed by atoms with Gasteiger partial charge in [-0.25, -0.2) is 4.79 Å². The van der Waals surface area contributed by atoms with Crippen LogP contribution in [0.4, 0.5) is 5.69 Å². The maximum atomic E-state index is 12.7. The number of rotatable bonds is 7. The van der Waals surface area contributed by atoms with E-state index >= 15 is 0 Å². The van der Waals surface area contributed by atoms with Crippen LogP contribution in [-0.4, -0.2) is 5.97 Å². The molecule has 3 nitrogen and oxygen atoms in total. The fraction of sp³-hybridized carbons (Fsp3) is 0.292. The third kappa shape index (κ3) is 5.33. The Morgan fingerprint density at radius 2 is 1.85 bits per heavy atom. The molecule has 0 saturated carbocycles. The van der Waals surface area contributed by atoms with Crippen LogP contribution in [0.15, 0.2) is 66.8 Å². The number of allylic oxidation sites excluding steroid dienone is 3. The van der Waals surface area contributed by atoms with Crippen LogP contribution in [0.1, 0.15) is 55.1 Å². The molecule has 3 heteroatoms. The number of esters is 1. The third-order valence-electron chi connectivity index (χ3n) is 4.83. The molecule has 0 bridgehead atoms. The van der Waals surface area contributed by atoms with Gasteiger partial charge in [0.05, 0.1) is 5.56 Å². The Morgan fingerprint density at radius 1 is 1.19 bits per heavy atom. The highest BCUT2D eigenvalue weighted by molar-refractivity contribution is 5.96. The molecule has 0 aromatic heterocycles. The van der Waals surface area contributed by atoms with Crippen LogP contribution in [0.5, 0.6) is 5.75 Å². The fourth-order valence-corrected chi connectivity index (χ4v) is 2.88. The lowest BCUT2D eigenvalue weighted by Crippen LogP contribution is -2.20. The molecule has 142 valence electrons. The first-order valence-electron chi connectivity index (χ1n) is 9.21. The molecule has 0 spiro atoms. The molecule has 0 saturated heterocycles. The summed E-state index contributed by atoms with van der Waals surface area (Å²) in [6.07, 6.45) is 5.99. The average Bonchev–Trinajstić information content (AvgIpc) is 2.63. The standard InChI is InChI=1S/C24H29NO2/c1-6-24(5,15-7-8-17(2)3)19-11-14-22(25)21(16-19)23(26)27-20-12-9-18(4)10-13-20/h6,8-14,16H,1,7,15,25H2,2-5H3. The van der Waals surface area contributed by atoms with Gasteiger partial charge in [0.15, 0.2) is 0 Å². The van der Waals surface area contributed by atoms with Crippen molar-refractivity contribution in [1.29, 1.82) is 0 Å². The second kappa shape index (κ2) is 8.72. The van der Waals surface area contributed by atoms with E-state index in [1.807, 2.05) is 37.3 Å². The summed E-state index contributed by atoms with van der Waals surface area (Å²) in [5.41, 5.74) is 10.00. The van der Waals surface area contributed by atoms with E-state index in [0.717, 1.165) is 24.0 Å². The van der Waals surface area contributed by atoms with E-state index in [1.165, 1.54) is 5.57 Å². The maximum Gasteiger partial charge on any atom is 0.345 e. The molecule has 0 aliphatic rings. The van der Waals surface area contributed by atoms with Crippen molar-refractivity contribution in [2.24, 2.45) is 0 Å². The number of hydrogen-bond donors (Lipinski definition) is 1. The van der Waals surface area contributed by atoms with Crippen LogP contribution < -0.4 is 10.5 Å². The van der Waals surface area contributed by atoms with Crippen LogP contribution in [-0.2, 0) is 5.41 Å². The number of nitrogens with two attached hydrogens (primary N) is 1. The number of carbonyl (C=O) groups is 1. The number of carbonyl (C=O) groups excluding carboxylic acids is 1. The molecule has 2 aromatic carbocycles. The van der Waals surface area contributed by atoms with Crippen molar-refractivity contribution in [3.63, 3.8) is 0 Å². The zero-order valence-corrected chi connectivity index (χ0v) is 16.7. The van der Waals surface area contributed by atoms with Gasteiger partial charge >= 0.3 is 5.97 Å². The van der Waals surface area contributed by atoms with Crippen molar-refractivity contribution < 1.29 is 9.53 Å². The predicted octanol–water partition coefficient (Wildman–Crippen LogP) is 5.99. The van der Waals surface area contributed by atoms with Gasteiger partial charge in [-0.15, -0.1) is 6.58 Å². The molecule has 0 heterocycles. The summed E-state index contributed by atoms with van der Waals surface area (Å²) >= 11 is 0. The van der Waals surface area contributed by atoms with Gasteiger partial charge in [-0.2, -0.15) is 0 Å². The predicted molar refractivity (Wildman–Crippen MR) is 113 cm³/mol. The first kappa shape index (κ1) is 20.5. The minimum atomic E-state index is -0.450. The normalized spacial score (nSPS) is 12.7. The van der Waals surface area contributed by atoms with Crippen LogP contribution in [0.25, 0.3) is 0 Å². The molecular weight excluding hydrogens is 334 g/mol. The number of anilines is 1. The van der Waals surface area contributed by atoms with Gasteiger partial charge in [0.1, 0.15) is 5.75 Å². The zero-order valence-electron chi connectivity index (χ0n) is 16.7. The van der Waals surface area contributed by atoms with Gasteiger partial charge in [0.2, 0.25) is 0 Å². The summed E-state index contributed by atoms with van der Waals surface area (Å²) in [4.78, 5) is 12.7. The third-order valence-corrected chi connectivity index (χ3v) is 4.83. The molecule has 0 fully saturated rings. The maximum absolute atomic E-state index is 12.7. The first-order valence-corrected chi connectivity index (χ1v) is 9.21. The molecule has 2 rings (SSSR count). The van der Waals surface area contributed by atoms with E-state index in [-0.39, 0.29) is 5.41 Å². The van der Waals surface area contributed by atoms with Gasteiger partial charge < -0.3 is 10.5 Å². The smallest absolute Gasteiger partial charge is 0.345 e. The molecule has 1 unspecified atom stereocenters. The van der Waals surface area contributed by atoms with E-state index in [1.54, 1.807) is 18.2 Å². The Bertz CT molecular complexity index is 845. The lowest BCUT2D eigenvalue weighted by molar-refractivity contribution is 0.0735. The molecule has 2 N–H and O–H groups in total. The topological polar surface area (TPSA) is 52.3 Å². The minimum absolute atomic E-state index is 0.251. The lowest BCUT2D eigenvalue weighted by Gasteiger charge is -2.27. The molecule has 0 aliphatic carbocycles. The number of nitrogen functional groups attached to an aromatic ring is 1. The summed E-state index contributed by atoms with van der Waals surface area (Å²) in [6, 6.07) is 12.9. The zero-order chi connectivity index (χ0) is 20.0. The Morgan fingerprint density at radius 3 is 2.44 bits per heavy atom. The number of ether oxygens (including phenoxy) is 1. The molecule has 2 aromatic rings. The van der Waals surface area contributed by atoms with Crippen molar-refractivity contribution in [2.75, 3.05) is 5.73 Å². The summed E-state index contributed by atoms with van der Waals surface area (Å²) < 4.78 is 5.50. The Kier molecular flexibility index (Phi) is 6.62. The van der Waals surface area contributed by atoms with Crippen LogP contribution >= 0.6 is 0 Å². The quantitative estimate of drug-likeness (QED) is 0.285. The highest BCUT2D eigenvalue weighted by Crippen LogP contribution is 2.33. The summed E-state index contributed by atoms with van der Waals surface area (Å²) in [5, 5.41) is 0.